The lowest BCUT2D eigenvalue weighted by molar-refractivity contribution is 0.0660. The van der Waals surface area contributed by atoms with E-state index in [1.54, 1.807) is 0 Å². The molecule has 1 aromatic heterocycles. The van der Waals surface area contributed by atoms with Crippen LogP contribution in [0.4, 0.5) is 0 Å². The molecule has 1 amide bonds. The van der Waals surface area contributed by atoms with Crippen LogP contribution >= 0.6 is 39.7 Å². The van der Waals surface area contributed by atoms with E-state index in [9.17, 15) is 4.79 Å². The molecule has 1 aliphatic heterocycles. The molecule has 16 heavy (non-hydrogen) atoms. The summed E-state index contributed by atoms with van der Waals surface area (Å²) in [5.41, 5.74) is 0. The van der Waals surface area contributed by atoms with Crippen LogP contribution in [0.15, 0.2) is 15.9 Å². The van der Waals surface area contributed by atoms with Crippen molar-refractivity contribution < 1.29 is 4.79 Å². The largest absolute Gasteiger partial charge is 0.333 e. The van der Waals surface area contributed by atoms with Crippen molar-refractivity contribution >= 4 is 45.6 Å². The number of hydrogen-bond donors (Lipinski definition) is 1. The number of rotatable bonds is 1. The van der Waals surface area contributed by atoms with Gasteiger partial charge in [0.2, 0.25) is 0 Å². The highest BCUT2D eigenvalue weighted by atomic mass is 79.9. The van der Waals surface area contributed by atoms with Crippen LogP contribution in [0.5, 0.6) is 0 Å². The fraction of sp³-hybridized carbons (Fsp3) is 0.500. The van der Waals surface area contributed by atoms with Gasteiger partial charge in [0.05, 0.1) is 0 Å². The lowest BCUT2D eigenvalue weighted by Gasteiger charge is -2.33. The summed E-state index contributed by atoms with van der Waals surface area (Å²) in [6.07, 6.45) is 0. The quantitative estimate of drug-likeness (QED) is 0.860. The zero-order valence-electron chi connectivity index (χ0n) is 8.90. The summed E-state index contributed by atoms with van der Waals surface area (Å²) in [6, 6.07) is 2.20. The Morgan fingerprint density at radius 2 is 2.44 bits per heavy atom. The number of halogens is 2. The van der Waals surface area contributed by atoms with E-state index in [0.29, 0.717) is 0 Å². The van der Waals surface area contributed by atoms with Crippen LogP contribution in [0.3, 0.4) is 0 Å². The Morgan fingerprint density at radius 1 is 1.69 bits per heavy atom. The number of nitrogens with zero attached hydrogens (tertiary/aromatic N) is 1. The van der Waals surface area contributed by atoms with Crippen molar-refractivity contribution in [2.45, 2.75) is 13.0 Å². The highest BCUT2D eigenvalue weighted by molar-refractivity contribution is 9.10. The molecule has 0 bridgehead atoms. The molecular formula is C10H14BrClN2OS. The molecule has 0 spiro atoms. The average Bonchev–Trinajstić information content (AvgIpc) is 2.64. The smallest absolute Gasteiger partial charge is 0.265 e. The van der Waals surface area contributed by atoms with Gasteiger partial charge in [-0.1, -0.05) is 0 Å². The normalized spacial score (nSPS) is 20.4. The van der Waals surface area contributed by atoms with Gasteiger partial charge < -0.3 is 10.2 Å². The second-order valence-corrected chi connectivity index (χ2v) is 5.42. The van der Waals surface area contributed by atoms with Gasteiger partial charge in [0, 0.05) is 30.1 Å². The minimum Gasteiger partial charge on any atom is -0.333 e. The SMILES string of the molecule is CC1CNCCN1C(=O)c1sccc1Br.Cl. The van der Waals surface area contributed by atoms with Gasteiger partial charge in [0.1, 0.15) is 4.88 Å². The van der Waals surface area contributed by atoms with Gasteiger partial charge in [-0.05, 0) is 34.3 Å². The Bertz CT molecular complexity index is 371. The standard InChI is InChI=1S/C10H13BrN2OS.ClH/c1-7-6-12-3-4-13(7)10(14)9-8(11)2-5-15-9;/h2,5,7,12H,3-4,6H2,1H3;1H. The molecule has 1 aliphatic rings. The number of thiophene rings is 1. The molecule has 1 N–H and O–H groups in total. The topological polar surface area (TPSA) is 32.3 Å². The number of piperazine rings is 1. The number of carbonyl (C=O) groups excluding carboxylic acids is 1. The summed E-state index contributed by atoms with van der Waals surface area (Å²) in [5.74, 6) is 0.144. The Labute approximate surface area is 114 Å². The maximum atomic E-state index is 12.2. The zero-order valence-corrected chi connectivity index (χ0v) is 12.1. The molecule has 0 aliphatic carbocycles. The van der Waals surface area contributed by atoms with Gasteiger partial charge in [0.25, 0.3) is 5.91 Å². The molecule has 1 unspecified atom stereocenters. The highest BCUT2D eigenvalue weighted by Gasteiger charge is 2.25. The van der Waals surface area contributed by atoms with Crippen LogP contribution in [0.25, 0.3) is 0 Å². The summed E-state index contributed by atoms with van der Waals surface area (Å²) in [6.45, 7) is 4.64. The van der Waals surface area contributed by atoms with Gasteiger partial charge in [-0.25, -0.2) is 0 Å². The Kier molecular flexibility index (Phi) is 5.24. The number of hydrogen-bond acceptors (Lipinski definition) is 3. The molecule has 90 valence electrons. The molecule has 1 saturated heterocycles. The van der Waals surface area contributed by atoms with E-state index < -0.39 is 0 Å². The summed E-state index contributed by atoms with van der Waals surface area (Å²) in [7, 11) is 0. The van der Waals surface area contributed by atoms with E-state index in [2.05, 4.69) is 28.2 Å². The lowest BCUT2D eigenvalue weighted by Crippen LogP contribution is -2.52. The van der Waals surface area contributed by atoms with E-state index in [4.69, 9.17) is 0 Å². The third-order valence-electron chi connectivity index (χ3n) is 2.57. The second kappa shape index (κ2) is 6.00. The summed E-state index contributed by atoms with van der Waals surface area (Å²) < 4.78 is 0.906. The van der Waals surface area contributed by atoms with Crippen LogP contribution in [0.2, 0.25) is 0 Å². The molecular weight excluding hydrogens is 312 g/mol. The minimum atomic E-state index is 0. The van der Waals surface area contributed by atoms with Crippen LogP contribution in [0, 0.1) is 0 Å². The number of nitrogens with one attached hydrogen (secondary N) is 1. The first-order chi connectivity index (χ1) is 7.20. The third-order valence-corrected chi connectivity index (χ3v) is 4.40. The molecule has 3 nitrogen and oxygen atoms in total. The summed E-state index contributed by atoms with van der Waals surface area (Å²) >= 11 is 4.90. The van der Waals surface area contributed by atoms with Gasteiger partial charge in [-0.15, -0.1) is 23.7 Å². The molecule has 1 atom stereocenters. The summed E-state index contributed by atoms with van der Waals surface area (Å²) in [4.78, 5) is 14.9. The fourth-order valence-corrected chi connectivity index (χ4v) is 3.22. The molecule has 0 saturated carbocycles. The van der Waals surface area contributed by atoms with Crippen LogP contribution in [0.1, 0.15) is 16.6 Å². The molecule has 1 fully saturated rings. The Balaban J connectivity index is 0.00000128. The average molecular weight is 326 g/mol. The van der Waals surface area contributed by atoms with Crippen molar-refractivity contribution in [1.82, 2.24) is 10.2 Å². The molecule has 1 aromatic rings. The van der Waals surface area contributed by atoms with Crippen molar-refractivity contribution in [3.8, 4) is 0 Å². The van der Waals surface area contributed by atoms with E-state index in [1.807, 2.05) is 16.3 Å². The maximum absolute atomic E-state index is 12.2. The van der Waals surface area contributed by atoms with Gasteiger partial charge in [-0.2, -0.15) is 0 Å². The van der Waals surface area contributed by atoms with Crippen LogP contribution in [-0.2, 0) is 0 Å². The van der Waals surface area contributed by atoms with Crippen molar-refractivity contribution in [3.05, 3.63) is 20.8 Å². The lowest BCUT2D eigenvalue weighted by atomic mass is 10.2. The first kappa shape index (κ1) is 14.0. The Morgan fingerprint density at radius 3 is 3.00 bits per heavy atom. The van der Waals surface area contributed by atoms with E-state index in [1.165, 1.54) is 11.3 Å². The fourth-order valence-electron chi connectivity index (χ4n) is 1.72. The minimum absolute atomic E-state index is 0. The first-order valence-electron chi connectivity index (χ1n) is 4.95. The molecule has 6 heteroatoms. The Hall–Kier alpha value is -0.100. The highest BCUT2D eigenvalue weighted by Crippen LogP contribution is 2.25. The predicted octanol–water partition coefficient (Wildman–Crippen LogP) is 2.37. The monoisotopic (exact) mass is 324 g/mol. The summed E-state index contributed by atoms with van der Waals surface area (Å²) in [5, 5.41) is 5.21. The molecule has 0 aromatic carbocycles. The second-order valence-electron chi connectivity index (χ2n) is 3.65. The van der Waals surface area contributed by atoms with Crippen molar-refractivity contribution in [1.29, 1.82) is 0 Å². The van der Waals surface area contributed by atoms with Crippen molar-refractivity contribution in [2.75, 3.05) is 19.6 Å². The van der Waals surface area contributed by atoms with E-state index in [0.717, 1.165) is 29.0 Å². The van der Waals surface area contributed by atoms with E-state index >= 15 is 0 Å². The van der Waals surface area contributed by atoms with Crippen molar-refractivity contribution in [2.24, 2.45) is 0 Å². The van der Waals surface area contributed by atoms with Gasteiger partial charge in [-0.3, -0.25) is 4.79 Å². The first-order valence-corrected chi connectivity index (χ1v) is 6.62. The van der Waals surface area contributed by atoms with Crippen molar-refractivity contribution in [3.63, 3.8) is 0 Å². The predicted molar refractivity (Wildman–Crippen MR) is 72.6 cm³/mol. The molecule has 2 heterocycles. The van der Waals surface area contributed by atoms with E-state index in [-0.39, 0.29) is 24.4 Å². The third kappa shape index (κ3) is 2.77. The zero-order chi connectivity index (χ0) is 10.8. The molecule has 2 rings (SSSR count). The van der Waals surface area contributed by atoms with Crippen LogP contribution in [-0.4, -0.2) is 36.5 Å². The maximum Gasteiger partial charge on any atom is 0.265 e. The van der Waals surface area contributed by atoms with Crippen LogP contribution < -0.4 is 5.32 Å². The number of carbonyl (C=O) groups is 1. The molecule has 0 radical (unpaired) electrons. The number of amides is 1. The van der Waals surface area contributed by atoms with Gasteiger partial charge >= 0.3 is 0 Å². The van der Waals surface area contributed by atoms with Gasteiger partial charge in [0.15, 0.2) is 0 Å².